The number of fused-ring (bicyclic) bond motifs is 1. The minimum Gasteiger partial charge on any atom is -0.458 e. The molecule has 4 aromatic rings. The number of carbonyl (C=O) groups is 1. The van der Waals surface area contributed by atoms with Gasteiger partial charge in [0.1, 0.15) is 29.4 Å². The van der Waals surface area contributed by atoms with Gasteiger partial charge in [-0.3, -0.25) is 4.79 Å². The van der Waals surface area contributed by atoms with E-state index in [9.17, 15) is 9.18 Å². The van der Waals surface area contributed by atoms with Crippen LogP contribution < -0.4 is 0 Å². The van der Waals surface area contributed by atoms with E-state index in [2.05, 4.69) is 10.1 Å². The lowest BCUT2D eigenvalue weighted by Crippen LogP contribution is -2.07. The highest BCUT2D eigenvalue weighted by Crippen LogP contribution is 2.24. The maximum Gasteiger partial charge on any atom is 0.316 e. The fourth-order valence-electron chi connectivity index (χ4n) is 2.36. The Hall–Kier alpha value is -3.13. The molecule has 8 heteroatoms. The first-order valence-electron chi connectivity index (χ1n) is 8.03. The highest BCUT2D eigenvalue weighted by atomic mass is 32.2. The topological polar surface area (TPSA) is 78.4 Å². The van der Waals surface area contributed by atoms with Crippen molar-refractivity contribution in [1.29, 1.82) is 0 Å². The van der Waals surface area contributed by atoms with E-state index in [0.29, 0.717) is 27.8 Å². The third kappa shape index (κ3) is 4.17. The first kappa shape index (κ1) is 17.3. The SMILES string of the molecule is O=C(CSc1nc2ccccc2o1)OCc1cc(-c2ccc(F)cc2)on1. The molecule has 0 spiro atoms. The van der Waals surface area contributed by atoms with Gasteiger partial charge < -0.3 is 13.7 Å². The Morgan fingerprint density at radius 2 is 1.96 bits per heavy atom. The molecule has 0 bridgehead atoms. The van der Waals surface area contributed by atoms with Crippen LogP contribution in [-0.4, -0.2) is 21.9 Å². The van der Waals surface area contributed by atoms with Gasteiger partial charge in [-0.1, -0.05) is 29.1 Å². The van der Waals surface area contributed by atoms with Crippen molar-refractivity contribution < 1.29 is 22.9 Å². The minimum atomic E-state index is -0.423. The third-order valence-electron chi connectivity index (χ3n) is 3.66. The van der Waals surface area contributed by atoms with E-state index in [1.54, 1.807) is 18.2 Å². The first-order valence-corrected chi connectivity index (χ1v) is 9.01. The quantitative estimate of drug-likeness (QED) is 0.359. The molecule has 0 saturated heterocycles. The van der Waals surface area contributed by atoms with E-state index in [-0.39, 0.29) is 18.2 Å². The van der Waals surface area contributed by atoms with Crippen molar-refractivity contribution in [3.05, 3.63) is 66.1 Å². The molecule has 0 aliphatic rings. The van der Waals surface area contributed by atoms with Crippen molar-refractivity contribution in [2.24, 2.45) is 0 Å². The van der Waals surface area contributed by atoms with Gasteiger partial charge in [0.25, 0.3) is 5.22 Å². The molecule has 0 amide bonds. The Bertz CT molecular complexity index is 1040. The molecule has 0 aliphatic heterocycles. The van der Waals surface area contributed by atoms with Crippen molar-refractivity contribution in [1.82, 2.24) is 10.1 Å². The summed E-state index contributed by atoms with van der Waals surface area (Å²) in [6.45, 7) is -0.0162. The second kappa shape index (κ2) is 7.63. The molecular weight excluding hydrogens is 371 g/mol. The number of benzene rings is 2. The van der Waals surface area contributed by atoms with Crippen LogP contribution in [-0.2, 0) is 16.1 Å². The summed E-state index contributed by atoms with van der Waals surface area (Å²) in [6, 6.07) is 14.9. The summed E-state index contributed by atoms with van der Waals surface area (Å²) < 4.78 is 28.9. The van der Waals surface area contributed by atoms with Gasteiger partial charge >= 0.3 is 5.97 Å². The Balaban J connectivity index is 1.29. The molecule has 0 aliphatic carbocycles. The van der Waals surface area contributed by atoms with Gasteiger partial charge in [0.2, 0.25) is 0 Å². The second-order valence-electron chi connectivity index (χ2n) is 5.59. The van der Waals surface area contributed by atoms with Crippen molar-refractivity contribution in [3.8, 4) is 11.3 Å². The van der Waals surface area contributed by atoms with Gasteiger partial charge in [-0.05, 0) is 36.4 Å². The number of para-hydroxylation sites is 2. The van der Waals surface area contributed by atoms with Crippen LogP contribution in [0.15, 0.2) is 68.8 Å². The zero-order chi connectivity index (χ0) is 18.6. The number of oxazole rings is 1. The van der Waals surface area contributed by atoms with Crippen LogP contribution in [0.2, 0.25) is 0 Å². The number of nitrogens with zero attached hydrogens (tertiary/aromatic N) is 2. The molecule has 136 valence electrons. The Morgan fingerprint density at radius 1 is 1.15 bits per heavy atom. The van der Waals surface area contributed by atoms with E-state index in [1.807, 2.05) is 24.3 Å². The Kier molecular flexibility index (Phi) is 4.88. The fraction of sp³-hybridized carbons (Fsp3) is 0.105. The fourth-order valence-corrected chi connectivity index (χ4v) is 3.00. The Morgan fingerprint density at radius 3 is 2.78 bits per heavy atom. The number of hydrogen-bond acceptors (Lipinski definition) is 7. The summed E-state index contributed by atoms with van der Waals surface area (Å²) in [5.74, 6) is -0.213. The summed E-state index contributed by atoms with van der Waals surface area (Å²) in [4.78, 5) is 16.2. The molecule has 4 rings (SSSR count). The number of hydrogen-bond donors (Lipinski definition) is 0. The first-order chi connectivity index (χ1) is 13.2. The summed E-state index contributed by atoms with van der Waals surface area (Å²) in [5, 5.41) is 4.26. The molecule has 0 radical (unpaired) electrons. The van der Waals surface area contributed by atoms with Gasteiger partial charge in [-0.25, -0.2) is 9.37 Å². The molecule has 6 nitrogen and oxygen atoms in total. The van der Waals surface area contributed by atoms with Crippen molar-refractivity contribution in [2.75, 3.05) is 5.75 Å². The summed E-state index contributed by atoms with van der Waals surface area (Å²) >= 11 is 1.16. The average molecular weight is 384 g/mol. The van der Waals surface area contributed by atoms with Gasteiger partial charge in [0.05, 0.1) is 0 Å². The molecular formula is C19H13FN2O4S. The number of aromatic nitrogens is 2. The number of halogens is 1. The second-order valence-corrected chi connectivity index (χ2v) is 6.51. The predicted molar refractivity (Wildman–Crippen MR) is 96.4 cm³/mol. The highest BCUT2D eigenvalue weighted by molar-refractivity contribution is 7.99. The highest BCUT2D eigenvalue weighted by Gasteiger charge is 2.12. The number of esters is 1. The van der Waals surface area contributed by atoms with Crippen LogP contribution >= 0.6 is 11.8 Å². The minimum absolute atomic E-state index is 0.0162. The molecule has 0 fully saturated rings. The molecule has 2 aromatic carbocycles. The molecule has 2 aromatic heterocycles. The maximum absolute atomic E-state index is 13.0. The lowest BCUT2D eigenvalue weighted by Gasteiger charge is -2.00. The van der Waals surface area contributed by atoms with Crippen molar-refractivity contribution in [2.45, 2.75) is 11.8 Å². The molecule has 0 unspecified atom stereocenters. The smallest absolute Gasteiger partial charge is 0.316 e. The van der Waals surface area contributed by atoms with Gasteiger partial charge in [0, 0.05) is 11.6 Å². The number of rotatable bonds is 6. The monoisotopic (exact) mass is 384 g/mol. The Labute approximate surface area is 157 Å². The molecule has 0 saturated carbocycles. The summed E-state index contributed by atoms with van der Waals surface area (Å²) in [6.07, 6.45) is 0. The standard InChI is InChI=1S/C19H13FN2O4S/c20-13-7-5-12(6-8-13)17-9-14(22-26-17)10-24-18(23)11-27-19-21-15-3-1-2-4-16(15)25-19/h1-9H,10-11H2. The van der Waals surface area contributed by atoms with E-state index in [1.165, 1.54) is 12.1 Å². The molecule has 2 heterocycles. The largest absolute Gasteiger partial charge is 0.458 e. The molecule has 0 atom stereocenters. The lowest BCUT2D eigenvalue weighted by molar-refractivity contribution is -0.141. The summed E-state index contributed by atoms with van der Waals surface area (Å²) in [7, 11) is 0. The van der Waals surface area contributed by atoms with Crippen molar-refractivity contribution >= 4 is 28.8 Å². The number of carbonyl (C=O) groups excluding carboxylic acids is 1. The zero-order valence-electron chi connectivity index (χ0n) is 13.9. The number of thioether (sulfide) groups is 1. The van der Waals surface area contributed by atoms with Crippen LogP contribution in [0.4, 0.5) is 4.39 Å². The lowest BCUT2D eigenvalue weighted by atomic mass is 10.1. The molecule has 0 N–H and O–H groups in total. The van der Waals surface area contributed by atoms with Crippen LogP contribution in [0.5, 0.6) is 0 Å². The third-order valence-corrected chi connectivity index (χ3v) is 4.46. The van der Waals surface area contributed by atoms with Crippen LogP contribution in [0.25, 0.3) is 22.4 Å². The van der Waals surface area contributed by atoms with E-state index in [4.69, 9.17) is 13.7 Å². The van der Waals surface area contributed by atoms with Crippen molar-refractivity contribution in [3.63, 3.8) is 0 Å². The predicted octanol–water partition coefficient (Wildman–Crippen LogP) is 4.46. The zero-order valence-corrected chi connectivity index (χ0v) is 14.7. The normalized spacial score (nSPS) is 11.0. The van der Waals surface area contributed by atoms with E-state index >= 15 is 0 Å². The van der Waals surface area contributed by atoms with Crippen LogP contribution in [0.1, 0.15) is 5.69 Å². The average Bonchev–Trinajstić information content (AvgIpc) is 3.32. The van der Waals surface area contributed by atoms with Gasteiger partial charge in [-0.2, -0.15) is 0 Å². The van der Waals surface area contributed by atoms with Gasteiger partial charge in [-0.15, -0.1) is 0 Å². The summed E-state index contributed by atoms with van der Waals surface area (Å²) in [5.41, 5.74) is 2.57. The maximum atomic E-state index is 13.0. The van der Waals surface area contributed by atoms with Crippen LogP contribution in [0, 0.1) is 5.82 Å². The van der Waals surface area contributed by atoms with Crippen LogP contribution in [0.3, 0.4) is 0 Å². The molecule has 27 heavy (non-hydrogen) atoms. The van der Waals surface area contributed by atoms with Gasteiger partial charge in [0.15, 0.2) is 11.3 Å². The van der Waals surface area contributed by atoms with E-state index in [0.717, 1.165) is 17.3 Å². The van der Waals surface area contributed by atoms with E-state index < -0.39 is 5.97 Å². The number of ether oxygens (including phenoxy) is 1.